The number of rotatable bonds is 4. The summed E-state index contributed by atoms with van der Waals surface area (Å²) in [5.74, 6) is 0. The van der Waals surface area contributed by atoms with Crippen LogP contribution in [-0.2, 0) is 12.8 Å². The first-order valence-corrected chi connectivity index (χ1v) is 6.95. The van der Waals surface area contributed by atoms with Crippen molar-refractivity contribution < 1.29 is 0 Å². The number of aryl methyl sites for hydroxylation is 2. The lowest BCUT2D eigenvalue weighted by molar-refractivity contribution is 1.09. The molecule has 0 radical (unpaired) electrons. The minimum atomic E-state index is 1.09. The van der Waals surface area contributed by atoms with Gasteiger partial charge in [0.25, 0.3) is 0 Å². The van der Waals surface area contributed by atoms with E-state index < -0.39 is 0 Å². The SMILES string of the molecule is CC.CCc1cccc(CC)c1NSC. The predicted octanol–water partition coefficient (Wildman–Crippen LogP) is 4.53. The molecule has 1 rings (SSSR count). The van der Waals surface area contributed by atoms with E-state index in [1.165, 1.54) is 16.8 Å². The third kappa shape index (κ3) is 4.17. The van der Waals surface area contributed by atoms with Crippen LogP contribution in [0.3, 0.4) is 0 Å². The molecule has 86 valence electrons. The number of benzene rings is 1. The summed E-state index contributed by atoms with van der Waals surface area (Å²) in [4.78, 5) is 0. The number of hydrogen-bond acceptors (Lipinski definition) is 2. The van der Waals surface area contributed by atoms with Gasteiger partial charge in [0.2, 0.25) is 0 Å². The minimum Gasteiger partial charge on any atom is -0.329 e. The molecule has 0 aliphatic rings. The second kappa shape index (κ2) is 8.66. The zero-order valence-corrected chi connectivity index (χ0v) is 11.4. The molecule has 1 aromatic carbocycles. The van der Waals surface area contributed by atoms with Crippen LogP contribution in [0.1, 0.15) is 38.8 Å². The van der Waals surface area contributed by atoms with Crippen LogP contribution in [0.2, 0.25) is 0 Å². The highest BCUT2D eigenvalue weighted by Gasteiger charge is 2.03. The van der Waals surface area contributed by atoms with Crippen molar-refractivity contribution in [3.8, 4) is 0 Å². The molecule has 0 aliphatic heterocycles. The number of para-hydroxylation sites is 1. The van der Waals surface area contributed by atoms with Gasteiger partial charge in [-0.2, -0.15) is 0 Å². The molecule has 2 heteroatoms. The first-order chi connectivity index (χ1) is 7.33. The summed E-state index contributed by atoms with van der Waals surface area (Å²) in [7, 11) is 0. The van der Waals surface area contributed by atoms with E-state index in [1.807, 2.05) is 13.8 Å². The molecule has 0 aromatic heterocycles. The molecule has 1 aromatic rings. The van der Waals surface area contributed by atoms with Crippen LogP contribution >= 0.6 is 11.9 Å². The Kier molecular flexibility index (Phi) is 8.30. The average molecular weight is 225 g/mol. The van der Waals surface area contributed by atoms with Gasteiger partial charge in [-0.15, -0.1) is 0 Å². The molecule has 0 aliphatic carbocycles. The van der Waals surface area contributed by atoms with E-state index in [9.17, 15) is 0 Å². The van der Waals surface area contributed by atoms with E-state index in [-0.39, 0.29) is 0 Å². The van der Waals surface area contributed by atoms with Gasteiger partial charge in [-0.05, 0) is 24.0 Å². The third-order valence-corrected chi connectivity index (χ3v) is 2.61. The maximum absolute atomic E-state index is 3.36. The van der Waals surface area contributed by atoms with E-state index in [0.29, 0.717) is 0 Å². The zero-order valence-electron chi connectivity index (χ0n) is 10.6. The van der Waals surface area contributed by atoms with Crippen molar-refractivity contribution in [3.63, 3.8) is 0 Å². The van der Waals surface area contributed by atoms with Gasteiger partial charge in [0.05, 0.1) is 5.69 Å². The van der Waals surface area contributed by atoms with Crippen molar-refractivity contribution in [2.45, 2.75) is 40.5 Å². The van der Waals surface area contributed by atoms with Crippen LogP contribution in [0.5, 0.6) is 0 Å². The fraction of sp³-hybridized carbons (Fsp3) is 0.538. The lowest BCUT2D eigenvalue weighted by Crippen LogP contribution is -1.96. The Labute approximate surface area is 98.8 Å². The molecule has 0 saturated carbocycles. The second-order valence-corrected chi connectivity index (χ2v) is 3.58. The molecular formula is C13H23NS. The summed E-state index contributed by atoms with van der Waals surface area (Å²) < 4.78 is 3.36. The molecule has 1 nitrogen and oxygen atoms in total. The van der Waals surface area contributed by atoms with Gasteiger partial charge < -0.3 is 4.72 Å². The quantitative estimate of drug-likeness (QED) is 0.756. The summed E-state index contributed by atoms with van der Waals surface area (Å²) in [5.41, 5.74) is 4.14. The summed E-state index contributed by atoms with van der Waals surface area (Å²) in [5, 5.41) is 0. The van der Waals surface area contributed by atoms with Crippen LogP contribution in [-0.4, -0.2) is 6.26 Å². The minimum absolute atomic E-state index is 1.09. The topological polar surface area (TPSA) is 12.0 Å². The Morgan fingerprint density at radius 1 is 1.07 bits per heavy atom. The van der Waals surface area contributed by atoms with Crippen molar-refractivity contribution in [2.24, 2.45) is 0 Å². The number of anilines is 1. The lowest BCUT2D eigenvalue weighted by Gasteiger charge is -2.12. The molecule has 1 N–H and O–H groups in total. The normalized spacial score (nSPS) is 9.13. The summed E-state index contributed by atoms with van der Waals surface area (Å²) >= 11 is 1.66. The van der Waals surface area contributed by atoms with Crippen LogP contribution < -0.4 is 4.72 Å². The van der Waals surface area contributed by atoms with Gasteiger partial charge in [-0.3, -0.25) is 0 Å². The highest BCUT2D eigenvalue weighted by Crippen LogP contribution is 2.24. The Balaban J connectivity index is 0.000000921. The number of hydrogen-bond donors (Lipinski definition) is 1. The first-order valence-electron chi connectivity index (χ1n) is 5.73. The highest BCUT2D eigenvalue weighted by atomic mass is 32.2. The summed E-state index contributed by atoms with van der Waals surface area (Å²) in [6.07, 6.45) is 4.25. The largest absolute Gasteiger partial charge is 0.329 e. The van der Waals surface area contributed by atoms with Gasteiger partial charge in [0.15, 0.2) is 0 Å². The summed E-state index contributed by atoms with van der Waals surface area (Å²) in [6, 6.07) is 6.53. The predicted molar refractivity (Wildman–Crippen MR) is 73.7 cm³/mol. The molecule has 0 unspecified atom stereocenters. The van der Waals surface area contributed by atoms with Gasteiger partial charge in [0, 0.05) is 6.26 Å². The molecule has 0 amide bonds. The van der Waals surface area contributed by atoms with Gasteiger partial charge in [0.1, 0.15) is 0 Å². The van der Waals surface area contributed by atoms with E-state index in [2.05, 4.69) is 43.0 Å². The molecule has 0 saturated heterocycles. The van der Waals surface area contributed by atoms with Crippen molar-refractivity contribution in [2.75, 3.05) is 11.0 Å². The smallest absolute Gasteiger partial charge is 0.0504 e. The monoisotopic (exact) mass is 225 g/mol. The Bertz CT molecular complexity index is 249. The van der Waals surface area contributed by atoms with E-state index in [4.69, 9.17) is 0 Å². The zero-order chi connectivity index (χ0) is 11.7. The van der Waals surface area contributed by atoms with Crippen LogP contribution in [0.15, 0.2) is 18.2 Å². The number of nitrogens with one attached hydrogen (secondary N) is 1. The van der Waals surface area contributed by atoms with Gasteiger partial charge in [-0.1, -0.05) is 57.8 Å². The van der Waals surface area contributed by atoms with Crippen LogP contribution in [0.25, 0.3) is 0 Å². The molecular weight excluding hydrogens is 202 g/mol. The maximum Gasteiger partial charge on any atom is 0.0504 e. The fourth-order valence-electron chi connectivity index (χ4n) is 1.48. The molecule has 0 spiro atoms. The van der Waals surface area contributed by atoms with E-state index in [1.54, 1.807) is 11.9 Å². The summed E-state index contributed by atoms with van der Waals surface area (Å²) in [6.45, 7) is 8.39. The third-order valence-electron chi connectivity index (χ3n) is 2.20. The van der Waals surface area contributed by atoms with Crippen molar-refractivity contribution in [3.05, 3.63) is 29.3 Å². The lowest BCUT2D eigenvalue weighted by atomic mass is 10.0. The first kappa shape index (κ1) is 14.4. The van der Waals surface area contributed by atoms with E-state index >= 15 is 0 Å². The van der Waals surface area contributed by atoms with Gasteiger partial charge >= 0.3 is 0 Å². The van der Waals surface area contributed by atoms with Crippen LogP contribution in [0.4, 0.5) is 5.69 Å². The maximum atomic E-state index is 3.36. The Morgan fingerprint density at radius 3 is 1.87 bits per heavy atom. The molecule has 0 atom stereocenters. The van der Waals surface area contributed by atoms with Crippen LogP contribution in [0, 0.1) is 0 Å². The van der Waals surface area contributed by atoms with E-state index in [0.717, 1.165) is 12.8 Å². The average Bonchev–Trinajstić information content (AvgIpc) is 2.32. The molecule has 0 bridgehead atoms. The van der Waals surface area contributed by atoms with Gasteiger partial charge in [-0.25, -0.2) is 0 Å². The highest BCUT2D eigenvalue weighted by molar-refractivity contribution is 7.99. The van der Waals surface area contributed by atoms with Crippen molar-refractivity contribution in [1.82, 2.24) is 0 Å². The Hall–Kier alpha value is -0.630. The van der Waals surface area contributed by atoms with Crippen molar-refractivity contribution >= 4 is 17.6 Å². The van der Waals surface area contributed by atoms with Crippen molar-refractivity contribution in [1.29, 1.82) is 0 Å². The standard InChI is InChI=1S/C11H17NS.C2H6/c1-4-9-7-6-8-10(5-2)11(9)12-13-3;1-2/h6-8,12H,4-5H2,1-3H3;1-2H3. The molecule has 0 fully saturated rings. The fourth-order valence-corrected chi connectivity index (χ4v) is 1.94. The molecule has 0 heterocycles. The second-order valence-electron chi connectivity index (χ2n) is 2.96. The Morgan fingerprint density at radius 2 is 1.53 bits per heavy atom. The molecule has 15 heavy (non-hydrogen) atoms.